The number of hydrogen-bond acceptors (Lipinski definition) is 2. The van der Waals surface area contributed by atoms with Crippen molar-refractivity contribution in [3.05, 3.63) is 0 Å². The van der Waals surface area contributed by atoms with Crippen LogP contribution in [0.5, 0.6) is 0 Å². The molecule has 2 N–H and O–H groups in total. The average molecular weight is 200 g/mol. The minimum Gasteiger partial charge on any atom is -0.393 e. The molecule has 14 heavy (non-hydrogen) atoms. The van der Waals surface area contributed by atoms with E-state index in [1.54, 1.807) is 0 Å². The first kappa shape index (κ1) is 12.0. The molecule has 0 heterocycles. The maximum Gasteiger partial charge on any atom is 0.0594 e. The molecule has 1 aliphatic rings. The molecule has 1 saturated carbocycles. The Kier molecular flexibility index (Phi) is 2.99. The zero-order chi connectivity index (χ0) is 11.1. The van der Waals surface area contributed by atoms with Crippen molar-refractivity contribution in [2.45, 2.75) is 59.2 Å². The minimum atomic E-state index is -0.574. The molecular weight excluding hydrogens is 176 g/mol. The van der Waals surface area contributed by atoms with E-state index >= 15 is 0 Å². The van der Waals surface area contributed by atoms with Gasteiger partial charge in [-0.3, -0.25) is 0 Å². The molecule has 0 amide bonds. The Labute approximate surface area is 87.3 Å². The fourth-order valence-electron chi connectivity index (χ4n) is 2.64. The number of rotatable bonds is 4. The highest BCUT2D eigenvalue weighted by Gasteiger charge is 2.58. The standard InChI is InChI=1S/C12H24O2/c1-8(13)6-9-10(12(9,4)5)7-11(2,3)14/h8-10,13-14H,6-7H2,1-5H3/t8-,9+,10-/m1/s1. The molecule has 0 unspecified atom stereocenters. The summed E-state index contributed by atoms with van der Waals surface area (Å²) >= 11 is 0. The zero-order valence-electron chi connectivity index (χ0n) is 10.0. The van der Waals surface area contributed by atoms with Crippen molar-refractivity contribution in [2.24, 2.45) is 17.3 Å². The number of aliphatic hydroxyl groups excluding tert-OH is 1. The Morgan fingerprint density at radius 3 is 2.14 bits per heavy atom. The predicted molar refractivity (Wildman–Crippen MR) is 58.0 cm³/mol. The molecule has 0 aromatic carbocycles. The summed E-state index contributed by atoms with van der Waals surface area (Å²) in [6, 6.07) is 0. The molecule has 0 aromatic heterocycles. The van der Waals surface area contributed by atoms with Gasteiger partial charge in [-0.05, 0) is 50.9 Å². The second-order valence-corrected chi connectivity index (χ2v) is 6.14. The van der Waals surface area contributed by atoms with Crippen LogP contribution in [-0.4, -0.2) is 21.9 Å². The highest BCUT2D eigenvalue weighted by molar-refractivity contribution is 5.06. The summed E-state index contributed by atoms with van der Waals surface area (Å²) in [6.45, 7) is 10.0. The number of hydrogen-bond donors (Lipinski definition) is 2. The molecule has 3 atom stereocenters. The first-order valence-electron chi connectivity index (χ1n) is 5.55. The van der Waals surface area contributed by atoms with Crippen LogP contribution in [0.2, 0.25) is 0 Å². The molecule has 0 spiro atoms. The van der Waals surface area contributed by atoms with Gasteiger partial charge in [0, 0.05) is 0 Å². The highest BCUT2D eigenvalue weighted by atomic mass is 16.3. The van der Waals surface area contributed by atoms with Gasteiger partial charge in [0.15, 0.2) is 0 Å². The van der Waals surface area contributed by atoms with Crippen LogP contribution in [0.3, 0.4) is 0 Å². The molecule has 1 aliphatic carbocycles. The Morgan fingerprint density at radius 2 is 1.79 bits per heavy atom. The van der Waals surface area contributed by atoms with Crippen LogP contribution >= 0.6 is 0 Å². The fourth-order valence-corrected chi connectivity index (χ4v) is 2.64. The third-order valence-electron chi connectivity index (χ3n) is 3.60. The van der Waals surface area contributed by atoms with Crippen molar-refractivity contribution in [1.82, 2.24) is 0 Å². The summed E-state index contributed by atoms with van der Waals surface area (Å²) in [6.07, 6.45) is 1.50. The molecular formula is C12H24O2. The Bertz CT molecular complexity index is 201. The van der Waals surface area contributed by atoms with E-state index in [1.807, 2.05) is 20.8 Å². The normalized spacial score (nSPS) is 32.8. The smallest absolute Gasteiger partial charge is 0.0594 e. The van der Waals surface area contributed by atoms with Crippen LogP contribution in [0.1, 0.15) is 47.5 Å². The van der Waals surface area contributed by atoms with Crippen LogP contribution in [0, 0.1) is 17.3 Å². The van der Waals surface area contributed by atoms with Gasteiger partial charge in [0.1, 0.15) is 0 Å². The van der Waals surface area contributed by atoms with E-state index in [0.29, 0.717) is 17.3 Å². The molecule has 84 valence electrons. The summed E-state index contributed by atoms with van der Waals surface area (Å²) in [5.41, 5.74) is -0.271. The quantitative estimate of drug-likeness (QED) is 0.730. The first-order valence-corrected chi connectivity index (χ1v) is 5.55. The summed E-state index contributed by atoms with van der Waals surface area (Å²) < 4.78 is 0. The SMILES string of the molecule is C[C@@H](O)C[C@H]1[C@@H](CC(C)(C)O)C1(C)C. The number of aliphatic hydroxyl groups is 2. The Hall–Kier alpha value is -0.0800. The Morgan fingerprint density at radius 1 is 1.29 bits per heavy atom. The molecule has 0 aliphatic heterocycles. The second-order valence-electron chi connectivity index (χ2n) is 6.14. The van der Waals surface area contributed by atoms with Gasteiger partial charge in [0.25, 0.3) is 0 Å². The first-order chi connectivity index (χ1) is 6.14. The summed E-state index contributed by atoms with van der Waals surface area (Å²) in [4.78, 5) is 0. The molecule has 2 heteroatoms. The van der Waals surface area contributed by atoms with Crippen molar-refractivity contribution >= 4 is 0 Å². The molecule has 1 fully saturated rings. The molecule has 0 bridgehead atoms. The van der Waals surface area contributed by atoms with E-state index in [9.17, 15) is 10.2 Å². The van der Waals surface area contributed by atoms with Crippen LogP contribution in [0.25, 0.3) is 0 Å². The molecule has 0 aromatic rings. The maximum atomic E-state index is 9.75. The second kappa shape index (κ2) is 3.49. The third-order valence-corrected chi connectivity index (χ3v) is 3.60. The van der Waals surface area contributed by atoms with Crippen molar-refractivity contribution in [2.75, 3.05) is 0 Å². The lowest BCUT2D eigenvalue weighted by molar-refractivity contribution is 0.0593. The van der Waals surface area contributed by atoms with Gasteiger partial charge in [-0.15, -0.1) is 0 Å². The fraction of sp³-hybridized carbons (Fsp3) is 1.00. The lowest BCUT2D eigenvalue weighted by Gasteiger charge is -2.17. The monoisotopic (exact) mass is 200 g/mol. The van der Waals surface area contributed by atoms with Gasteiger partial charge in [-0.25, -0.2) is 0 Å². The van der Waals surface area contributed by atoms with Gasteiger partial charge >= 0.3 is 0 Å². The summed E-state index contributed by atoms with van der Waals surface area (Å²) in [5.74, 6) is 1.14. The van der Waals surface area contributed by atoms with Gasteiger partial charge in [-0.1, -0.05) is 13.8 Å². The van der Waals surface area contributed by atoms with E-state index in [-0.39, 0.29) is 6.10 Å². The van der Waals surface area contributed by atoms with Gasteiger partial charge in [-0.2, -0.15) is 0 Å². The molecule has 0 radical (unpaired) electrons. The Balaban J connectivity index is 2.49. The minimum absolute atomic E-state index is 0.217. The van der Waals surface area contributed by atoms with Crippen molar-refractivity contribution in [1.29, 1.82) is 0 Å². The van der Waals surface area contributed by atoms with Gasteiger partial charge < -0.3 is 10.2 Å². The van der Waals surface area contributed by atoms with Crippen LogP contribution in [-0.2, 0) is 0 Å². The molecule has 0 saturated heterocycles. The third kappa shape index (κ3) is 2.71. The summed E-state index contributed by atoms with van der Waals surface area (Å²) in [7, 11) is 0. The zero-order valence-corrected chi connectivity index (χ0v) is 10.0. The lowest BCUT2D eigenvalue weighted by Crippen LogP contribution is -2.20. The van der Waals surface area contributed by atoms with Crippen LogP contribution < -0.4 is 0 Å². The largest absolute Gasteiger partial charge is 0.393 e. The van der Waals surface area contributed by atoms with E-state index in [4.69, 9.17) is 0 Å². The van der Waals surface area contributed by atoms with E-state index in [2.05, 4.69) is 13.8 Å². The molecule has 1 rings (SSSR count). The average Bonchev–Trinajstić information content (AvgIpc) is 2.34. The van der Waals surface area contributed by atoms with Crippen molar-refractivity contribution in [3.63, 3.8) is 0 Å². The van der Waals surface area contributed by atoms with Crippen molar-refractivity contribution < 1.29 is 10.2 Å². The van der Waals surface area contributed by atoms with E-state index in [0.717, 1.165) is 12.8 Å². The van der Waals surface area contributed by atoms with Gasteiger partial charge in [0.2, 0.25) is 0 Å². The van der Waals surface area contributed by atoms with E-state index < -0.39 is 5.60 Å². The lowest BCUT2D eigenvalue weighted by atomic mass is 9.97. The highest BCUT2D eigenvalue weighted by Crippen LogP contribution is 2.63. The summed E-state index contributed by atoms with van der Waals surface area (Å²) in [5, 5.41) is 19.1. The topological polar surface area (TPSA) is 40.5 Å². The van der Waals surface area contributed by atoms with Crippen molar-refractivity contribution in [3.8, 4) is 0 Å². The molecule has 2 nitrogen and oxygen atoms in total. The maximum absolute atomic E-state index is 9.75. The van der Waals surface area contributed by atoms with E-state index in [1.165, 1.54) is 0 Å². The van der Waals surface area contributed by atoms with Gasteiger partial charge in [0.05, 0.1) is 11.7 Å². The predicted octanol–water partition coefficient (Wildman–Crippen LogP) is 2.19. The van der Waals surface area contributed by atoms with Crippen LogP contribution in [0.15, 0.2) is 0 Å². The van der Waals surface area contributed by atoms with Crippen LogP contribution in [0.4, 0.5) is 0 Å².